The summed E-state index contributed by atoms with van der Waals surface area (Å²) in [6.07, 6.45) is 4.99. The highest BCUT2D eigenvalue weighted by Gasteiger charge is 2.51. The maximum Gasteiger partial charge on any atom is 0.410 e. The van der Waals surface area contributed by atoms with Crippen LogP contribution in [0.1, 0.15) is 63.1 Å². The van der Waals surface area contributed by atoms with E-state index in [-0.39, 0.29) is 18.2 Å². The summed E-state index contributed by atoms with van der Waals surface area (Å²) in [5, 5.41) is 14.3. The van der Waals surface area contributed by atoms with E-state index < -0.39 is 11.2 Å². The van der Waals surface area contributed by atoms with Crippen molar-refractivity contribution in [3.8, 4) is 0 Å². The third kappa shape index (κ3) is 2.73. The first-order chi connectivity index (χ1) is 13.3. The van der Waals surface area contributed by atoms with Crippen LogP contribution in [0.4, 0.5) is 4.79 Å². The summed E-state index contributed by atoms with van der Waals surface area (Å²) >= 11 is 0. The Labute approximate surface area is 166 Å². The summed E-state index contributed by atoms with van der Waals surface area (Å²) in [7, 11) is 0. The van der Waals surface area contributed by atoms with Crippen LogP contribution < -0.4 is 0 Å². The van der Waals surface area contributed by atoms with Crippen molar-refractivity contribution in [3.05, 3.63) is 47.0 Å². The molecule has 2 aliphatic heterocycles. The maximum atomic E-state index is 12.8. The van der Waals surface area contributed by atoms with Gasteiger partial charge in [-0.2, -0.15) is 0 Å². The summed E-state index contributed by atoms with van der Waals surface area (Å²) in [5.41, 5.74) is 2.45. The van der Waals surface area contributed by atoms with Crippen LogP contribution in [0, 0.1) is 0 Å². The predicted molar refractivity (Wildman–Crippen MR) is 109 cm³/mol. The smallest absolute Gasteiger partial charge is 0.410 e. The van der Waals surface area contributed by atoms with E-state index in [0.717, 1.165) is 31.2 Å². The first kappa shape index (κ1) is 18.0. The van der Waals surface area contributed by atoms with E-state index in [1.807, 2.05) is 25.7 Å². The summed E-state index contributed by atoms with van der Waals surface area (Å²) in [5.74, 6) is 0. The number of hydrogen-bond acceptors (Lipinski definition) is 3. The van der Waals surface area contributed by atoms with E-state index >= 15 is 0 Å². The molecule has 2 aromatic rings. The molecule has 4 nitrogen and oxygen atoms in total. The van der Waals surface area contributed by atoms with Crippen molar-refractivity contribution in [1.29, 1.82) is 0 Å². The minimum absolute atomic E-state index is 0.0432. The van der Waals surface area contributed by atoms with Gasteiger partial charge in [-0.1, -0.05) is 30.3 Å². The number of carbonyl (C=O) groups is 1. The fourth-order valence-corrected chi connectivity index (χ4v) is 5.71. The molecular weight excluding hydrogens is 350 g/mol. The predicted octanol–water partition coefficient (Wildman–Crippen LogP) is 4.69. The van der Waals surface area contributed by atoms with Crippen molar-refractivity contribution < 1.29 is 14.6 Å². The van der Waals surface area contributed by atoms with Gasteiger partial charge in [-0.15, -0.1) is 0 Å². The number of benzene rings is 2. The van der Waals surface area contributed by atoms with Gasteiger partial charge in [0.05, 0.1) is 5.60 Å². The fourth-order valence-electron chi connectivity index (χ4n) is 5.71. The highest BCUT2D eigenvalue weighted by molar-refractivity contribution is 5.93. The lowest BCUT2D eigenvalue weighted by Crippen LogP contribution is -2.53. The Kier molecular flexibility index (Phi) is 3.83. The van der Waals surface area contributed by atoms with Gasteiger partial charge in [-0.05, 0) is 73.9 Å². The number of aryl methyl sites for hydroxylation is 2. The van der Waals surface area contributed by atoms with Gasteiger partial charge in [-0.25, -0.2) is 4.79 Å². The zero-order chi connectivity index (χ0) is 19.7. The number of carbonyl (C=O) groups excluding carboxylic acids is 1. The van der Waals surface area contributed by atoms with Gasteiger partial charge in [0, 0.05) is 24.9 Å². The summed E-state index contributed by atoms with van der Waals surface area (Å²) in [6.45, 7) is 5.71. The number of amides is 1. The monoisotopic (exact) mass is 379 g/mol. The minimum Gasteiger partial charge on any atom is -0.444 e. The van der Waals surface area contributed by atoms with E-state index in [0.29, 0.717) is 12.8 Å². The van der Waals surface area contributed by atoms with Gasteiger partial charge < -0.3 is 14.7 Å². The molecule has 2 saturated heterocycles. The Morgan fingerprint density at radius 1 is 1.07 bits per heavy atom. The van der Waals surface area contributed by atoms with Crippen LogP contribution in [0.2, 0.25) is 0 Å². The van der Waals surface area contributed by atoms with Crippen LogP contribution in [0.3, 0.4) is 0 Å². The lowest BCUT2D eigenvalue weighted by molar-refractivity contribution is -0.0616. The standard InChI is InChI=1S/C24H29NO3/c1-23(2,3)28-22(26)25-17-10-11-18(25)14-24(27,13-17)20-12-9-16-8-7-15-5-4-6-19(20)21(15)16/h4-6,9,12,17-18,27H,7-8,10-11,13-14H2,1-3H3. The molecule has 0 aromatic heterocycles. The van der Waals surface area contributed by atoms with Crippen LogP contribution in [-0.4, -0.2) is 33.8 Å². The highest BCUT2D eigenvalue weighted by atomic mass is 16.6. The number of aliphatic hydroxyl groups is 1. The van der Waals surface area contributed by atoms with Crippen LogP contribution in [-0.2, 0) is 23.2 Å². The summed E-state index contributed by atoms with van der Waals surface area (Å²) in [6, 6.07) is 10.9. The topological polar surface area (TPSA) is 49.8 Å². The minimum atomic E-state index is -0.885. The first-order valence-corrected chi connectivity index (χ1v) is 10.5. The maximum absolute atomic E-state index is 12.8. The van der Waals surface area contributed by atoms with Crippen molar-refractivity contribution in [2.45, 2.75) is 82.6 Å². The molecule has 4 heteroatoms. The van der Waals surface area contributed by atoms with E-state index in [1.54, 1.807) is 0 Å². The van der Waals surface area contributed by atoms with E-state index in [4.69, 9.17) is 4.74 Å². The Hall–Kier alpha value is -2.07. The SMILES string of the molecule is CC(C)(C)OC(=O)N1C2CCC1CC(O)(c1ccc3c4c(cccc14)CC3)C2. The zero-order valence-corrected chi connectivity index (χ0v) is 17.0. The second-order valence-corrected chi connectivity index (χ2v) is 9.82. The quantitative estimate of drug-likeness (QED) is 0.782. The van der Waals surface area contributed by atoms with Crippen LogP contribution in [0.5, 0.6) is 0 Å². The molecule has 28 heavy (non-hydrogen) atoms. The van der Waals surface area contributed by atoms with Crippen LogP contribution >= 0.6 is 0 Å². The van der Waals surface area contributed by atoms with E-state index in [9.17, 15) is 9.90 Å². The molecular formula is C24H29NO3. The fraction of sp³-hybridized carbons (Fsp3) is 0.542. The molecule has 1 N–H and O–H groups in total. The molecule has 0 spiro atoms. The van der Waals surface area contributed by atoms with Crippen molar-refractivity contribution in [2.75, 3.05) is 0 Å². The molecule has 2 fully saturated rings. The molecule has 2 heterocycles. The highest BCUT2D eigenvalue weighted by Crippen LogP contribution is 2.48. The number of rotatable bonds is 1. The molecule has 1 amide bonds. The van der Waals surface area contributed by atoms with Crippen molar-refractivity contribution in [1.82, 2.24) is 4.90 Å². The number of nitrogens with zero attached hydrogens (tertiary/aromatic N) is 1. The zero-order valence-electron chi connectivity index (χ0n) is 17.0. The van der Waals surface area contributed by atoms with Crippen molar-refractivity contribution >= 4 is 16.9 Å². The third-order valence-electron chi connectivity index (χ3n) is 6.75. The first-order valence-electron chi connectivity index (χ1n) is 10.5. The summed E-state index contributed by atoms with van der Waals surface area (Å²) < 4.78 is 5.65. The molecule has 3 aliphatic rings. The number of piperidine rings is 1. The van der Waals surface area contributed by atoms with Crippen LogP contribution in [0.25, 0.3) is 10.8 Å². The Morgan fingerprint density at radius 2 is 1.71 bits per heavy atom. The van der Waals surface area contributed by atoms with Crippen LogP contribution in [0.15, 0.2) is 30.3 Å². The molecule has 0 radical (unpaired) electrons. The third-order valence-corrected chi connectivity index (χ3v) is 6.75. The van der Waals surface area contributed by atoms with E-state index in [2.05, 4.69) is 30.3 Å². The number of hydrogen-bond donors (Lipinski definition) is 1. The lowest BCUT2D eigenvalue weighted by atomic mass is 9.78. The van der Waals surface area contributed by atoms with Gasteiger partial charge in [0.15, 0.2) is 0 Å². The number of ether oxygens (including phenoxy) is 1. The summed E-state index contributed by atoms with van der Waals surface area (Å²) in [4.78, 5) is 14.7. The molecule has 2 bridgehead atoms. The molecule has 0 saturated carbocycles. The van der Waals surface area contributed by atoms with Gasteiger partial charge in [0.1, 0.15) is 5.60 Å². The average molecular weight is 380 g/mol. The second-order valence-electron chi connectivity index (χ2n) is 9.82. The molecule has 2 atom stereocenters. The average Bonchev–Trinajstić information content (AvgIpc) is 3.15. The Bertz CT molecular complexity index is 934. The molecule has 5 rings (SSSR count). The number of fused-ring (bicyclic) bond motifs is 2. The van der Waals surface area contributed by atoms with Crippen molar-refractivity contribution in [2.24, 2.45) is 0 Å². The normalized spacial score (nSPS) is 28.8. The molecule has 1 aliphatic carbocycles. The molecule has 2 aromatic carbocycles. The molecule has 2 unspecified atom stereocenters. The second kappa shape index (κ2) is 5.96. The lowest BCUT2D eigenvalue weighted by Gasteiger charge is -2.44. The Balaban J connectivity index is 1.50. The largest absolute Gasteiger partial charge is 0.444 e. The van der Waals surface area contributed by atoms with E-state index in [1.165, 1.54) is 21.9 Å². The molecule has 148 valence electrons. The van der Waals surface area contributed by atoms with Gasteiger partial charge >= 0.3 is 6.09 Å². The van der Waals surface area contributed by atoms with Gasteiger partial charge in [0.2, 0.25) is 0 Å². The van der Waals surface area contributed by atoms with Gasteiger partial charge in [0.25, 0.3) is 0 Å². The van der Waals surface area contributed by atoms with Gasteiger partial charge in [-0.3, -0.25) is 0 Å². The Morgan fingerprint density at radius 3 is 2.36 bits per heavy atom. The van der Waals surface area contributed by atoms with Crippen molar-refractivity contribution in [3.63, 3.8) is 0 Å².